The fraction of sp³-hybridized carbons (Fsp3) is 0.211. The molecule has 0 fully saturated rings. The van der Waals surface area contributed by atoms with E-state index in [0.717, 1.165) is 40.4 Å². The maximum atomic E-state index is 12.1. The number of rotatable bonds is 6. The van der Waals surface area contributed by atoms with Gasteiger partial charge in [0.15, 0.2) is 0 Å². The van der Waals surface area contributed by atoms with E-state index in [1.54, 1.807) is 12.3 Å². The lowest BCUT2D eigenvalue weighted by Crippen LogP contribution is -2.17. The number of pyridine rings is 1. The van der Waals surface area contributed by atoms with E-state index in [4.69, 9.17) is 10.7 Å². The zero-order chi connectivity index (χ0) is 16.9. The van der Waals surface area contributed by atoms with Crippen molar-refractivity contribution in [2.75, 3.05) is 0 Å². The van der Waals surface area contributed by atoms with Crippen LogP contribution in [0.2, 0.25) is 0 Å². The van der Waals surface area contributed by atoms with Crippen LogP contribution in [0.15, 0.2) is 48.0 Å². The monoisotopic (exact) mass is 337 g/mol. The van der Waals surface area contributed by atoms with Gasteiger partial charge >= 0.3 is 0 Å². The van der Waals surface area contributed by atoms with E-state index in [9.17, 15) is 4.79 Å². The third kappa shape index (κ3) is 3.51. The summed E-state index contributed by atoms with van der Waals surface area (Å²) in [5.74, 6) is -0.418. The Morgan fingerprint density at radius 2 is 2.04 bits per heavy atom. The molecule has 0 aliphatic heterocycles. The van der Waals surface area contributed by atoms with E-state index in [1.165, 1.54) is 11.3 Å². The van der Waals surface area contributed by atoms with Gasteiger partial charge in [0.25, 0.3) is 0 Å². The van der Waals surface area contributed by atoms with Crippen LogP contribution in [0.1, 0.15) is 40.5 Å². The lowest BCUT2D eigenvalue weighted by Gasteiger charge is -2.14. The highest BCUT2D eigenvalue weighted by atomic mass is 32.1. The van der Waals surface area contributed by atoms with Crippen LogP contribution in [0.5, 0.6) is 0 Å². The summed E-state index contributed by atoms with van der Waals surface area (Å²) in [7, 11) is 0. The first-order valence-corrected chi connectivity index (χ1v) is 8.83. The van der Waals surface area contributed by atoms with Crippen molar-refractivity contribution in [3.05, 3.63) is 70.4 Å². The smallest absolute Gasteiger partial charge is 0.249 e. The quantitative estimate of drug-likeness (QED) is 0.743. The van der Waals surface area contributed by atoms with Gasteiger partial charge in [0, 0.05) is 29.3 Å². The highest BCUT2D eigenvalue weighted by Gasteiger charge is 2.18. The molecule has 3 rings (SSSR count). The van der Waals surface area contributed by atoms with Crippen LogP contribution >= 0.6 is 11.3 Å². The van der Waals surface area contributed by atoms with Gasteiger partial charge in [-0.2, -0.15) is 0 Å². The molecular formula is C19H19N3OS. The number of benzene rings is 1. The summed E-state index contributed by atoms with van der Waals surface area (Å²) < 4.78 is 0. The van der Waals surface area contributed by atoms with Crippen molar-refractivity contribution in [2.24, 2.45) is 5.73 Å². The normalized spacial score (nSPS) is 10.7. The summed E-state index contributed by atoms with van der Waals surface area (Å²) in [4.78, 5) is 21.2. The number of carbonyl (C=O) groups is 1. The van der Waals surface area contributed by atoms with Gasteiger partial charge in [-0.25, -0.2) is 9.97 Å². The zero-order valence-electron chi connectivity index (χ0n) is 13.5. The topological polar surface area (TPSA) is 68.9 Å². The summed E-state index contributed by atoms with van der Waals surface area (Å²) >= 11 is 1.51. The second-order valence-electron chi connectivity index (χ2n) is 5.59. The summed E-state index contributed by atoms with van der Waals surface area (Å²) in [5, 5.41) is 2.71. The number of nitrogens with zero attached hydrogens (tertiary/aromatic N) is 2. The second kappa shape index (κ2) is 7.36. The molecular weight excluding hydrogens is 318 g/mol. The largest absolute Gasteiger partial charge is 0.366 e. The molecule has 0 saturated heterocycles. The first kappa shape index (κ1) is 16.3. The Morgan fingerprint density at radius 3 is 2.67 bits per heavy atom. The average Bonchev–Trinajstić information content (AvgIpc) is 3.11. The third-order valence-corrected chi connectivity index (χ3v) is 4.63. The molecule has 2 heterocycles. The van der Waals surface area contributed by atoms with Crippen LogP contribution in [-0.2, 0) is 12.8 Å². The lowest BCUT2D eigenvalue weighted by atomic mass is 9.95. The third-order valence-electron chi connectivity index (χ3n) is 3.84. The van der Waals surface area contributed by atoms with Gasteiger partial charge in [0.2, 0.25) is 5.91 Å². The molecule has 5 heteroatoms. The van der Waals surface area contributed by atoms with Crippen LogP contribution in [0.3, 0.4) is 0 Å². The first-order valence-electron chi connectivity index (χ1n) is 7.95. The first-order chi connectivity index (χ1) is 11.7. The fourth-order valence-electron chi connectivity index (χ4n) is 2.74. The molecule has 2 N–H and O–H groups in total. The Morgan fingerprint density at radius 1 is 1.25 bits per heavy atom. The van der Waals surface area contributed by atoms with Gasteiger partial charge in [-0.15, -0.1) is 11.3 Å². The van der Waals surface area contributed by atoms with Crippen LogP contribution in [-0.4, -0.2) is 15.9 Å². The van der Waals surface area contributed by atoms with Gasteiger partial charge in [-0.1, -0.05) is 43.7 Å². The molecule has 4 nitrogen and oxygen atoms in total. The van der Waals surface area contributed by atoms with Crippen LogP contribution in [0, 0.1) is 0 Å². The highest BCUT2D eigenvalue weighted by Crippen LogP contribution is 2.26. The SMILES string of the molecule is CCCc1nc(-c2nccs2)cc(C(N)=O)c1Cc1ccccc1. The number of primary amides is 1. The van der Waals surface area contributed by atoms with Crippen molar-refractivity contribution >= 4 is 17.2 Å². The van der Waals surface area contributed by atoms with Crippen molar-refractivity contribution in [3.63, 3.8) is 0 Å². The van der Waals surface area contributed by atoms with Crippen molar-refractivity contribution in [2.45, 2.75) is 26.2 Å². The molecule has 3 aromatic rings. The van der Waals surface area contributed by atoms with Crippen LogP contribution in [0.4, 0.5) is 0 Å². The molecule has 2 aromatic heterocycles. The van der Waals surface area contributed by atoms with Gasteiger partial charge in [-0.3, -0.25) is 4.79 Å². The standard InChI is InChI=1S/C19H19N3OS/c1-2-6-16-14(11-13-7-4-3-5-8-13)15(18(20)23)12-17(22-16)19-21-9-10-24-19/h3-5,7-10,12H,2,6,11H2,1H3,(H2,20,23). The molecule has 24 heavy (non-hydrogen) atoms. The molecule has 0 unspecified atom stereocenters. The maximum absolute atomic E-state index is 12.1. The van der Waals surface area contributed by atoms with Gasteiger partial charge in [-0.05, 0) is 23.6 Å². The van der Waals surface area contributed by atoms with Crippen LogP contribution in [0.25, 0.3) is 10.7 Å². The van der Waals surface area contributed by atoms with Crippen LogP contribution < -0.4 is 5.73 Å². The Balaban J connectivity index is 2.12. The summed E-state index contributed by atoms with van der Waals surface area (Å²) in [6.45, 7) is 2.11. The van der Waals surface area contributed by atoms with E-state index in [1.807, 2.05) is 23.6 Å². The second-order valence-corrected chi connectivity index (χ2v) is 6.49. The lowest BCUT2D eigenvalue weighted by molar-refractivity contribution is 0.0999. The van der Waals surface area contributed by atoms with E-state index in [0.29, 0.717) is 12.0 Å². The molecule has 0 saturated carbocycles. The minimum absolute atomic E-state index is 0.418. The molecule has 0 aliphatic carbocycles. The number of thiazole rings is 1. The van der Waals surface area contributed by atoms with Crippen molar-refractivity contribution in [3.8, 4) is 10.7 Å². The molecule has 1 amide bonds. The predicted molar refractivity (Wildman–Crippen MR) is 97.1 cm³/mol. The Labute approximate surface area is 145 Å². The molecule has 0 bridgehead atoms. The minimum atomic E-state index is -0.418. The zero-order valence-corrected chi connectivity index (χ0v) is 14.3. The van der Waals surface area contributed by atoms with E-state index in [-0.39, 0.29) is 0 Å². The molecule has 1 aromatic carbocycles. The maximum Gasteiger partial charge on any atom is 0.249 e. The molecule has 0 aliphatic rings. The van der Waals surface area contributed by atoms with E-state index < -0.39 is 5.91 Å². The molecule has 0 atom stereocenters. The number of carbonyl (C=O) groups excluding carboxylic acids is 1. The Kier molecular flexibility index (Phi) is 5.01. The van der Waals surface area contributed by atoms with E-state index in [2.05, 4.69) is 24.0 Å². The van der Waals surface area contributed by atoms with Gasteiger partial charge in [0.05, 0.1) is 5.69 Å². The number of hydrogen-bond donors (Lipinski definition) is 1. The Hall–Kier alpha value is -2.53. The molecule has 0 radical (unpaired) electrons. The fourth-order valence-corrected chi connectivity index (χ4v) is 3.34. The summed E-state index contributed by atoms with van der Waals surface area (Å²) in [5.41, 5.74) is 9.94. The van der Waals surface area contributed by atoms with Crippen molar-refractivity contribution in [1.82, 2.24) is 9.97 Å². The molecule has 122 valence electrons. The number of aryl methyl sites for hydroxylation is 1. The highest BCUT2D eigenvalue weighted by molar-refractivity contribution is 7.13. The van der Waals surface area contributed by atoms with Crippen molar-refractivity contribution in [1.29, 1.82) is 0 Å². The minimum Gasteiger partial charge on any atom is -0.366 e. The Bertz CT molecular complexity index is 829. The summed E-state index contributed by atoms with van der Waals surface area (Å²) in [6.07, 6.45) is 4.15. The van der Waals surface area contributed by atoms with E-state index >= 15 is 0 Å². The predicted octanol–water partition coefficient (Wildman–Crippen LogP) is 3.85. The number of aromatic nitrogens is 2. The van der Waals surface area contributed by atoms with Gasteiger partial charge < -0.3 is 5.73 Å². The molecule has 0 spiro atoms. The average molecular weight is 337 g/mol. The number of hydrogen-bond acceptors (Lipinski definition) is 4. The summed E-state index contributed by atoms with van der Waals surface area (Å²) in [6, 6.07) is 11.9. The van der Waals surface area contributed by atoms with Gasteiger partial charge in [0.1, 0.15) is 5.01 Å². The number of amides is 1. The van der Waals surface area contributed by atoms with Crippen molar-refractivity contribution < 1.29 is 4.79 Å². The number of nitrogens with two attached hydrogens (primary N) is 1.